The van der Waals surface area contributed by atoms with Gasteiger partial charge in [-0.15, -0.1) is 0 Å². The van der Waals surface area contributed by atoms with Crippen molar-refractivity contribution in [2.45, 2.75) is 19.3 Å². The van der Waals surface area contributed by atoms with Gasteiger partial charge in [0, 0.05) is 20.4 Å². The van der Waals surface area contributed by atoms with Gasteiger partial charge >= 0.3 is 9.28 Å². The van der Waals surface area contributed by atoms with E-state index in [0.717, 1.165) is 6.17 Å². The first-order chi connectivity index (χ1) is 5.86. The summed E-state index contributed by atoms with van der Waals surface area (Å²) in [4.78, 5) is 2.47. The average molecular weight is 189 g/mol. The summed E-state index contributed by atoms with van der Waals surface area (Å²) in [7, 11) is 2.17. The molecule has 0 aliphatic carbocycles. The predicted octanol–water partition coefficient (Wildman–Crippen LogP) is 0.525. The minimum atomic E-state index is -1.34. The molecule has 1 aliphatic heterocycles. The summed E-state index contributed by atoms with van der Waals surface area (Å²) in [6.45, 7) is 2.46. The van der Waals surface area contributed by atoms with Crippen LogP contribution in [0.2, 0.25) is 0 Å². The Balaban J connectivity index is 2.18. The molecule has 0 atom stereocenters. The van der Waals surface area contributed by atoms with E-state index in [1.807, 2.05) is 0 Å². The summed E-state index contributed by atoms with van der Waals surface area (Å²) in [5.74, 6) is 0. The van der Waals surface area contributed by atoms with Gasteiger partial charge in [0.2, 0.25) is 0 Å². The highest BCUT2D eigenvalue weighted by Gasteiger charge is 2.17. The van der Waals surface area contributed by atoms with E-state index in [4.69, 9.17) is 8.85 Å². The zero-order valence-corrected chi connectivity index (χ0v) is 9.24. The Morgan fingerprint density at radius 3 is 2.17 bits per heavy atom. The maximum absolute atomic E-state index is 5.28. The zero-order valence-electron chi connectivity index (χ0n) is 8.08. The van der Waals surface area contributed by atoms with Crippen LogP contribution in [0.3, 0.4) is 0 Å². The number of rotatable bonds is 4. The minimum Gasteiger partial charge on any atom is -0.399 e. The zero-order chi connectivity index (χ0) is 8.81. The van der Waals surface area contributed by atoms with Crippen LogP contribution in [-0.4, -0.2) is 47.7 Å². The van der Waals surface area contributed by atoms with Crippen molar-refractivity contribution < 1.29 is 8.85 Å². The molecule has 0 aromatic rings. The molecule has 0 amide bonds. The van der Waals surface area contributed by atoms with Gasteiger partial charge in [0.15, 0.2) is 0 Å². The third-order valence-corrected chi connectivity index (χ3v) is 4.25. The van der Waals surface area contributed by atoms with E-state index in [0.29, 0.717) is 0 Å². The normalized spacial score (nSPS) is 20.2. The van der Waals surface area contributed by atoms with Gasteiger partial charge in [-0.05, 0) is 25.9 Å². The Morgan fingerprint density at radius 2 is 1.67 bits per heavy atom. The van der Waals surface area contributed by atoms with Gasteiger partial charge in [0.05, 0.1) is 0 Å². The maximum Gasteiger partial charge on any atom is 0.335 e. The molecule has 72 valence electrons. The van der Waals surface area contributed by atoms with E-state index in [1.165, 1.54) is 32.4 Å². The first kappa shape index (κ1) is 10.2. The molecule has 1 aliphatic rings. The van der Waals surface area contributed by atoms with E-state index in [9.17, 15) is 0 Å². The van der Waals surface area contributed by atoms with E-state index in [-0.39, 0.29) is 0 Å². The molecule has 0 aromatic carbocycles. The van der Waals surface area contributed by atoms with Gasteiger partial charge < -0.3 is 13.8 Å². The minimum absolute atomic E-state index is 1.05. The molecule has 0 saturated carbocycles. The third kappa shape index (κ3) is 3.22. The van der Waals surface area contributed by atoms with Gasteiger partial charge in [-0.2, -0.15) is 0 Å². The lowest BCUT2D eigenvalue weighted by Crippen LogP contribution is -2.40. The Labute approximate surface area is 76.5 Å². The molecule has 1 saturated heterocycles. The molecule has 1 rings (SSSR count). The molecule has 1 heterocycles. The monoisotopic (exact) mass is 189 g/mol. The number of hydrogen-bond donors (Lipinski definition) is 0. The molecule has 0 aromatic heterocycles. The van der Waals surface area contributed by atoms with Crippen LogP contribution in [0.25, 0.3) is 0 Å². The molecule has 0 unspecified atom stereocenters. The smallest absolute Gasteiger partial charge is 0.335 e. The van der Waals surface area contributed by atoms with Crippen molar-refractivity contribution in [1.82, 2.24) is 4.90 Å². The molecule has 12 heavy (non-hydrogen) atoms. The van der Waals surface area contributed by atoms with Crippen LogP contribution in [0.4, 0.5) is 0 Å². The Kier molecular flexibility index (Phi) is 4.83. The van der Waals surface area contributed by atoms with Crippen LogP contribution in [0, 0.1) is 0 Å². The van der Waals surface area contributed by atoms with Crippen molar-refractivity contribution in [3.63, 3.8) is 0 Å². The summed E-state index contributed by atoms with van der Waals surface area (Å²) in [6, 6.07) is 0. The summed E-state index contributed by atoms with van der Waals surface area (Å²) in [5, 5.41) is 0. The molecule has 0 spiro atoms. The van der Waals surface area contributed by atoms with Crippen molar-refractivity contribution >= 4 is 9.28 Å². The van der Waals surface area contributed by atoms with Gasteiger partial charge in [0.25, 0.3) is 0 Å². The Hall–Kier alpha value is 0.0969. The van der Waals surface area contributed by atoms with Crippen molar-refractivity contribution in [1.29, 1.82) is 0 Å². The first-order valence-corrected chi connectivity index (χ1v) is 6.40. The first-order valence-electron chi connectivity index (χ1n) is 4.64. The van der Waals surface area contributed by atoms with Crippen LogP contribution in [0.1, 0.15) is 19.3 Å². The van der Waals surface area contributed by atoms with Crippen LogP contribution in [0.5, 0.6) is 0 Å². The fourth-order valence-corrected chi connectivity index (χ4v) is 2.88. The van der Waals surface area contributed by atoms with Gasteiger partial charge in [0.1, 0.15) is 0 Å². The van der Waals surface area contributed by atoms with Gasteiger partial charge in [-0.3, -0.25) is 0 Å². The van der Waals surface area contributed by atoms with E-state index in [1.54, 1.807) is 14.2 Å². The third-order valence-electron chi connectivity index (χ3n) is 2.38. The molecule has 0 bridgehead atoms. The molecular formula is C8H19NO2Si. The van der Waals surface area contributed by atoms with Crippen molar-refractivity contribution in [2.75, 3.05) is 33.5 Å². The second-order valence-electron chi connectivity index (χ2n) is 3.26. The number of likely N-dealkylation sites (tertiary alicyclic amines) is 1. The molecule has 4 heteroatoms. The maximum atomic E-state index is 5.28. The lowest BCUT2D eigenvalue weighted by atomic mass is 10.1. The second kappa shape index (κ2) is 5.69. The van der Waals surface area contributed by atoms with Crippen LogP contribution >= 0.6 is 0 Å². The van der Waals surface area contributed by atoms with Crippen LogP contribution in [-0.2, 0) is 8.85 Å². The molecule has 0 N–H and O–H groups in total. The fraction of sp³-hybridized carbons (Fsp3) is 1.00. The second-order valence-corrected chi connectivity index (χ2v) is 5.43. The van der Waals surface area contributed by atoms with Crippen molar-refractivity contribution in [2.24, 2.45) is 0 Å². The Bertz CT molecular complexity index is 114. The van der Waals surface area contributed by atoms with Gasteiger partial charge in [-0.1, -0.05) is 6.42 Å². The molecule has 1 fully saturated rings. The summed E-state index contributed by atoms with van der Waals surface area (Å²) in [6.07, 6.45) is 5.12. The average Bonchev–Trinajstić information content (AvgIpc) is 2.16. The van der Waals surface area contributed by atoms with Crippen molar-refractivity contribution in [3.05, 3.63) is 0 Å². The predicted molar refractivity (Wildman–Crippen MR) is 51.5 cm³/mol. The fourth-order valence-electron chi connectivity index (χ4n) is 1.60. The highest BCUT2D eigenvalue weighted by molar-refractivity contribution is 6.44. The summed E-state index contributed by atoms with van der Waals surface area (Å²) < 4.78 is 10.6. The number of nitrogens with zero attached hydrogens (tertiary/aromatic N) is 1. The van der Waals surface area contributed by atoms with Gasteiger partial charge in [-0.25, -0.2) is 0 Å². The lowest BCUT2D eigenvalue weighted by molar-refractivity contribution is 0.209. The number of piperidine rings is 1. The largest absolute Gasteiger partial charge is 0.399 e. The topological polar surface area (TPSA) is 21.7 Å². The SMILES string of the molecule is CO[SiH](CN1CCCCC1)OC. The highest BCUT2D eigenvalue weighted by Crippen LogP contribution is 2.08. The van der Waals surface area contributed by atoms with Crippen LogP contribution in [0.15, 0.2) is 0 Å². The van der Waals surface area contributed by atoms with E-state index >= 15 is 0 Å². The van der Waals surface area contributed by atoms with E-state index < -0.39 is 9.28 Å². The quantitative estimate of drug-likeness (QED) is 0.602. The number of hydrogen-bond acceptors (Lipinski definition) is 3. The molecular weight excluding hydrogens is 170 g/mol. The van der Waals surface area contributed by atoms with E-state index in [2.05, 4.69) is 4.90 Å². The summed E-state index contributed by atoms with van der Waals surface area (Å²) >= 11 is 0. The Morgan fingerprint density at radius 1 is 1.08 bits per heavy atom. The molecule has 3 nitrogen and oxygen atoms in total. The van der Waals surface area contributed by atoms with Crippen molar-refractivity contribution in [3.8, 4) is 0 Å². The lowest BCUT2D eigenvalue weighted by Gasteiger charge is -2.28. The highest BCUT2D eigenvalue weighted by atomic mass is 28.3. The molecule has 0 radical (unpaired) electrons. The van der Waals surface area contributed by atoms with Crippen LogP contribution < -0.4 is 0 Å². The summed E-state index contributed by atoms with van der Waals surface area (Å²) in [5.41, 5.74) is 0. The standard InChI is InChI=1S/C8H19NO2Si/c1-10-12(11-2)8-9-6-4-3-5-7-9/h12H,3-8H2,1-2H3.